The van der Waals surface area contributed by atoms with Gasteiger partial charge in [0.15, 0.2) is 11.5 Å². The molecule has 0 radical (unpaired) electrons. The summed E-state index contributed by atoms with van der Waals surface area (Å²) in [5.41, 5.74) is 1.40. The number of ether oxygens (including phenoxy) is 3. The van der Waals surface area contributed by atoms with Crippen molar-refractivity contribution in [1.29, 1.82) is 0 Å². The van der Waals surface area contributed by atoms with Crippen molar-refractivity contribution in [2.75, 3.05) is 32.0 Å². The van der Waals surface area contributed by atoms with Crippen LogP contribution in [0.15, 0.2) is 36.4 Å². The monoisotopic (exact) mass is 344 g/mol. The Balaban J connectivity index is 2.24. The maximum atomic E-state index is 12.4. The van der Waals surface area contributed by atoms with Gasteiger partial charge in [0, 0.05) is 18.2 Å². The van der Waals surface area contributed by atoms with Crippen LogP contribution < -0.4 is 24.8 Å². The van der Waals surface area contributed by atoms with Gasteiger partial charge in [-0.1, -0.05) is 0 Å². The summed E-state index contributed by atoms with van der Waals surface area (Å²) >= 11 is 0. The van der Waals surface area contributed by atoms with Gasteiger partial charge in [-0.3, -0.25) is 9.59 Å². The number of nitrogens with one attached hydrogen (secondary N) is 2. The summed E-state index contributed by atoms with van der Waals surface area (Å²) in [4.78, 5) is 23.7. The third-order valence-corrected chi connectivity index (χ3v) is 3.41. The number of amides is 2. The van der Waals surface area contributed by atoms with E-state index in [0.717, 1.165) is 0 Å². The molecule has 7 heteroatoms. The molecular weight excluding hydrogens is 324 g/mol. The molecule has 0 unspecified atom stereocenters. The second-order valence-electron chi connectivity index (χ2n) is 5.12. The van der Waals surface area contributed by atoms with Gasteiger partial charge in [0.1, 0.15) is 5.75 Å². The second kappa shape index (κ2) is 8.05. The molecule has 0 spiro atoms. The van der Waals surface area contributed by atoms with Crippen LogP contribution >= 0.6 is 0 Å². The Bertz CT molecular complexity index is 789. The molecule has 2 rings (SSSR count). The van der Waals surface area contributed by atoms with Crippen molar-refractivity contribution >= 4 is 23.2 Å². The third kappa shape index (κ3) is 4.41. The maximum absolute atomic E-state index is 12.4. The zero-order valence-electron chi connectivity index (χ0n) is 14.5. The molecule has 2 N–H and O–H groups in total. The van der Waals surface area contributed by atoms with E-state index < -0.39 is 0 Å². The van der Waals surface area contributed by atoms with Crippen molar-refractivity contribution in [3.63, 3.8) is 0 Å². The first kappa shape index (κ1) is 18.1. The standard InChI is InChI=1S/C18H20N2O5/c1-11(21)19-14-10-13(6-8-15(14)23-2)20-18(22)12-5-7-16(24-3)17(9-12)25-4/h5-10H,1-4H3,(H,19,21)(H,20,22). The Kier molecular flexibility index (Phi) is 5.84. The largest absolute Gasteiger partial charge is 0.495 e. The molecular formula is C18H20N2O5. The molecule has 2 amide bonds. The average molecular weight is 344 g/mol. The lowest BCUT2D eigenvalue weighted by atomic mass is 10.1. The van der Waals surface area contributed by atoms with Gasteiger partial charge in [-0.2, -0.15) is 0 Å². The molecule has 0 heterocycles. The molecule has 2 aromatic rings. The molecule has 7 nitrogen and oxygen atoms in total. The van der Waals surface area contributed by atoms with Crippen LogP contribution in [-0.2, 0) is 4.79 Å². The van der Waals surface area contributed by atoms with Gasteiger partial charge in [-0.25, -0.2) is 0 Å². The fraction of sp³-hybridized carbons (Fsp3) is 0.222. The van der Waals surface area contributed by atoms with E-state index in [9.17, 15) is 9.59 Å². The Morgan fingerprint density at radius 3 is 2.04 bits per heavy atom. The number of rotatable bonds is 6. The summed E-state index contributed by atoms with van der Waals surface area (Å²) in [5, 5.41) is 5.43. The summed E-state index contributed by atoms with van der Waals surface area (Å²) in [6.07, 6.45) is 0. The van der Waals surface area contributed by atoms with E-state index in [1.54, 1.807) is 36.4 Å². The molecule has 0 aliphatic carbocycles. The van der Waals surface area contributed by atoms with E-state index in [1.807, 2.05) is 0 Å². The summed E-state index contributed by atoms with van der Waals surface area (Å²) in [5.74, 6) is 0.945. The lowest BCUT2D eigenvalue weighted by Gasteiger charge is -2.13. The van der Waals surface area contributed by atoms with Gasteiger partial charge in [-0.15, -0.1) is 0 Å². The number of anilines is 2. The Morgan fingerprint density at radius 2 is 1.44 bits per heavy atom. The number of hydrogen-bond acceptors (Lipinski definition) is 5. The molecule has 0 bridgehead atoms. The van der Waals surface area contributed by atoms with Gasteiger partial charge in [0.25, 0.3) is 5.91 Å². The topological polar surface area (TPSA) is 85.9 Å². The minimum Gasteiger partial charge on any atom is -0.495 e. The highest BCUT2D eigenvalue weighted by Crippen LogP contribution is 2.30. The first-order valence-electron chi connectivity index (χ1n) is 7.47. The van der Waals surface area contributed by atoms with Crippen LogP contribution in [0.3, 0.4) is 0 Å². The van der Waals surface area contributed by atoms with Crippen LogP contribution in [0.4, 0.5) is 11.4 Å². The van der Waals surface area contributed by atoms with Gasteiger partial charge in [0.05, 0.1) is 27.0 Å². The average Bonchev–Trinajstić information content (AvgIpc) is 2.60. The highest BCUT2D eigenvalue weighted by atomic mass is 16.5. The Labute approximate surface area is 145 Å². The first-order valence-corrected chi connectivity index (χ1v) is 7.47. The van der Waals surface area contributed by atoms with Crippen LogP contribution in [0.5, 0.6) is 17.2 Å². The van der Waals surface area contributed by atoms with Crippen molar-refractivity contribution in [3.05, 3.63) is 42.0 Å². The van der Waals surface area contributed by atoms with Crippen LogP contribution in [0, 0.1) is 0 Å². The second-order valence-corrected chi connectivity index (χ2v) is 5.12. The predicted octanol–water partition coefficient (Wildman–Crippen LogP) is 2.92. The minimum absolute atomic E-state index is 0.235. The van der Waals surface area contributed by atoms with Crippen LogP contribution in [0.2, 0.25) is 0 Å². The lowest BCUT2D eigenvalue weighted by Crippen LogP contribution is -2.13. The number of methoxy groups -OCH3 is 3. The van der Waals surface area contributed by atoms with E-state index in [-0.39, 0.29) is 11.8 Å². The molecule has 0 saturated carbocycles. The zero-order valence-corrected chi connectivity index (χ0v) is 14.5. The molecule has 25 heavy (non-hydrogen) atoms. The number of benzene rings is 2. The van der Waals surface area contributed by atoms with Crippen LogP contribution in [-0.4, -0.2) is 33.1 Å². The van der Waals surface area contributed by atoms with Gasteiger partial charge in [0.2, 0.25) is 5.91 Å². The van der Waals surface area contributed by atoms with Crippen molar-refractivity contribution < 1.29 is 23.8 Å². The smallest absolute Gasteiger partial charge is 0.255 e. The van der Waals surface area contributed by atoms with E-state index in [0.29, 0.717) is 34.2 Å². The van der Waals surface area contributed by atoms with E-state index in [4.69, 9.17) is 14.2 Å². The SMILES string of the molecule is COc1ccc(NC(=O)c2ccc(OC)c(OC)c2)cc1NC(C)=O. The van der Waals surface area contributed by atoms with Crippen LogP contribution in [0.25, 0.3) is 0 Å². The van der Waals surface area contributed by atoms with Gasteiger partial charge < -0.3 is 24.8 Å². The highest BCUT2D eigenvalue weighted by Gasteiger charge is 2.12. The highest BCUT2D eigenvalue weighted by molar-refractivity contribution is 6.05. The molecule has 0 atom stereocenters. The molecule has 0 aliphatic rings. The summed E-state index contributed by atoms with van der Waals surface area (Å²) in [6.45, 7) is 1.40. The number of carbonyl (C=O) groups excluding carboxylic acids is 2. The molecule has 0 fully saturated rings. The maximum Gasteiger partial charge on any atom is 0.255 e. The van der Waals surface area contributed by atoms with Crippen molar-refractivity contribution in [1.82, 2.24) is 0 Å². The van der Waals surface area contributed by atoms with E-state index in [1.165, 1.54) is 28.3 Å². The predicted molar refractivity (Wildman–Crippen MR) is 94.8 cm³/mol. The van der Waals surface area contributed by atoms with Crippen LogP contribution in [0.1, 0.15) is 17.3 Å². The Hall–Kier alpha value is -3.22. The fourth-order valence-electron chi connectivity index (χ4n) is 2.25. The molecule has 0 aliphatic heterocycles. The van der Waals surface area contributed by atoms with Gasteiger partial charge >= 0.3 is 0 Å². The quantitative estimate of drug-likeness (QED) is 0.841. The first-order chi connectivity index (χ1) is 12.0. The molecule has 2 aromatic carbocycles. The summed E-state index contributed by atoms with van der Waals surface area (Å²) < 4.78 is 15.5. The summed E-state index contributed by atoms with van der Waals surface area (Å²) in [7, 11) is 4.53. The van der Waals surface area contributed by atoms with E-state index >= 15 is 0 Å². The normalized spacial score (nSPS) is 9.92. The minimum atomic E-state index is -0.320. The third-order valence-electron chi connectivity index (χ3n) is 3.41. The fourth-order valence-corrected chi connectivity index (χ4v) is 2.25. The number of carbonyl (C=O) groups is 2. The zero-order chi connectivity index (χ0) is 18.4. The molecule has 0 aromatic heterocycles. The molecule has 132 valence electrons. The van der Waals surface area contributed by atoms with Crippen molar-refractivity contribution in [3.8, 4) is 17.2 Å². The van der Waals surface area contributed by atoms with Gasteiger partial charge in [-0.05, 0) is 36.4 Å². The summed E-state index contributed by atoms with van der Waals surface area (Å²) in [6, 6.07) is 9.85. The van der Waals surface area contributed by atoms with Crippen molar-refractivity contribution in [2.24, 2.45) is 0 Å². The van der Waals surface area contributed by atoms with E-state index in [2.05, 4.69) is 10.6 Å². The number of hydrogen-bond donors (Lipinski definition) is 2. The molecule has 0 saturated heterocycles. The lowest BCUT2D eigenvalue weighted by molar-refractivity contribution is -0.114. The Morgan fingerprint density at radius 1 is 0.800 bits per heavy atom. The van der Waals surface area contributed by atoms with Crippen molar-refractivity contribution in [2.45, 2.75) is 6.92 Å².